The lowest BCUT2D eigenvalue weighted by atomic mass is 10.1. The van der Waals surface area contributed by atoms with Crippen LogP contribution in [0.1, 0.15) is 21.9 Å². The molecule has 2 rings (SSSR count). The van der Waals surface area contributed by atoms with Crippen LogP contribution in [0.4, 0.5) is 18.9 Å². The summed E-state index contributed by atoms with van der Waals surface area (Å²) in [6, 6.07) is 6.91. The first-order valence-electron chi connectivity index (χ1n) is 6.80. The lowest BCUT2D eigenvalue weighted by Gasteiger charge is -2.13. The number of hydrogen-bond donors (Lipinski definition) is 2. The van der Waals surface area contributed by atoms with E-state index in [1.807, 2.05) is 0 Å². The Morgan fingerprint density at radius 1 is 1.16 bits per heavy atom. The van der Waals surface area contributed by atoms with Gasteiger partial charge in [0.15, 0.2) is 0 Å². The van der Waals surface area contributed by atoms with E-state index in [1.54, 1.807) is 0 Å². The monoisotopic (exact) mass is 375 g/mol. The number of aromatic carboxylic acids is 1. The molecule has 2 N–H and O–H groups in total. The zero-order chi connectivity index (χ0) is 18.6. The Kier molecular flexibility index (Phi) is 5.62. The SMILES string of the molecule is O=C(CS(=O)Cc1ccc(C(=O)O)o1)Nc1ccccc1C(F)(F)F. The zero-order valence-corrected chi connectivity index (χ0v) is 13.3. The van der Waals surface area contributed by atoms with Crippen molar-refractivity contribution < 1.29 is 36.5 Å². The van der Waals surface area contributed by atoms with Gasteiger partial charge in [-0.25, -0.2) is 4.79 Å². The van der Waals surface area contributed by atoms with Crippen molar-refractivity contribution in [2.75, 3.05) is 11.1 Å². The Labute approximate surface area is 142 Å². The first-order valence-corrected chi connectivity index (χ1v) is 8.28. The summed E-state index contributed by atoms with van der Waals surface area (Å²) < 4.78 is 55.3. The maximum Gasteiger partial charge on any atom is 0.418 e. The quantitative estimate of drug-likeness (QED) is 0.809. The predicted molar refractivity (Wildman–Crippen MR) is 82.5 cm³/mol. The number of carboxylic acids is 1. The van der Waals surface area contributed by atoms with Crippen molar-refractivity contribution in [2.45, 2.75) is 11.9 Å². The van der Waals surface area contributed by atoms with Gasteiger partial charge in [-0.05, 0) is 24.3 Å². The maximum atomic E-state index is 12.8. The number of amides is 1. The second-order valence-electron chi connectivity index (χ2n) is 4.89. The number of nitrogens with one attached hydrogen (secondary N) is 1. The summed E-state index contributed by atoms with van der Waals surface area (Å²) in [7, 11) is -1.78. The van der Waals surface area contributed by atoms with Crippen LogP contribution in [-0.2, 0) is 27.5 Å². The smallest absolute Gasteiger partial charge is 0.418 e. The van der Waals surface area contributed by atoms with E-state index < -0.39 is 45.9 Å². The number of anilines is 1. The zero-order valence-electron chi connectivity index (χ0n) is 12.5. The van der Waals surface area contributed by atoms with E-state index in [0.29, 0.717) is 0 Å². The number of halogens is 3. The van der Waals surface area contributed by atoms with Gasteiger partial charge in [-0.15, -0.1) is 0 Å². The number of carboxylic acid groups (broad SMARTS) is 1. The molecule has 0 radical (unpaired) electrons. The van der Waals surface area contributed by atoms with Crippen molar-refractivity contribution in [3.8, 4) is 0 Å². The molecule has 6 nitrogen and oxygen atoms in total. The molecule has 1 aromatic carbocycles. The number of benzene rings is 1. The third-order valence-electron chi connectivity index (χ3n) is 2.97. The minimum absolute atomic E-state index is 0.0965. The second-order valence-corrected chi connectivity index (χ2v) is 6.35. The molecule has 2 aromatic rings. The first-order chi connectivity index (χ1) is 11.7. The van der Waals surface area contributed by atoms with Crippen molar-refractivity contribution in [3.63, 3.8) is 0 Å². The number of para-hydroxylation sites is 1. The van der Waals surface area contributed by atoms with Gasteiger partial charge >= 0.3 is 12.1 Å². The normalized spacial score (nSPS) is 12.6. The Morgan fingerprint density at radius 2 is 1.84 bits per heavy atom. The van der Waals surface area contributed by atoms with E-state index in [4.69, 9.17) is 9.52 Å². The minimum atomic E-state index is -4.63. The Hall–Kier alpha value is -2.62. The molecular weight excluding hydrogens is 363 g/mol. The van der Waals surface area contributed by atoms with Gasteiger partial charge in [0.05, 0.1) is 17.0 Å². The molecule has 0 bridgehead atoms. The molecule has 25 heavy (non-hydrogen) atoms. The fourth-order valence-corrected chi connectivity index (χ4v) is 2.89. The largest absolute Gasteiger partial charge is 0.475 e. The van der Waals surface area contributed by atoms with Gasteiger partial charge < -0.3 is 14.8 Å². The average Bonchev–Trinajstić information content (AvgIpc) is 2.95. The third-order valence-corrected chi connectivity index (χ3v) is 4.16. The van der Waals surface area contributed by atoms with Crippen molar-refractivity contribution in [1.82, 2.24) is 0 Å². The van der Waals surface area contributed by atoms with Gasteiger partial charge in [0.1, 0.15) is 11.5 Å². The van der Waals surface area contributed by atoms with Crippen molar-refractivity contribution in [2.24, 2.45) is 0 Å². The second kappa shape index (κ2) is 7.51. The number of rotatable bonds is 6. The van der Waals surface area contributed by atoms with Crippen LogP contribution in [0.15, 0.2) is 40.8 Å². The van der Waals surface area contributed by atoms with Crippen LogP contribution in [0.3, 0.4) is 0 Å². The van der Waals surface area contributed by atoms with Crippen LogP contribution in [0.25, 0.3) is 0 Å². The standard InChI is InChI=1S/C15H12F3NO5S/c16-15(17,18)10-3-1-2-4-11(10)19-13(20)8-25(23)7-9-5-6-12(24-9)14(21)22/h1-6H,7-8H2,(H,19,20)(H,21,22). The molecule has 0 fully saturated rings. The molecule has 0 aliphatic rings. The van der Waals surface area contributed by atoms with E-state index in [9.17, 15) is 27.0 Å². The van der Waals surface area contributed by atoms with Gasteiger partial charge in [0, 0.05) is 10.8 Å². The molecule has 10 heteroatoms. The van der Waals surface area contributed by atoms with E-state index in [2.05, 4.69) is 5.32 Å². The van der Waals surface area contributed by atoms with E-state index in [1.165, 1.54) is 24.3 Å². The summed E-state index contributed by atoms with van der Waals surface area (Å²) >= 11 is 0. The lowest BCUT2D eigenvalue weighted by molar-refractivity contribution is -0.137. The topological polar surface area (TPSA) is 96.6 Å². The lowest BCUT2D eigenvalue weighted by Crippen LogP contribution is -2.22. The predicted octanol–water partition coefficient (Wildman–Crippen LogP) is 2.88. The Balaban J connectivity index is 1.98. The average molecular weight is 375 g/mol. The number of carbonyl (C=O) groups is 2. The van der Waals surface area contributed by atoms with Gasteiger partial charge in [0.2, 0.25) is 11.7 Å². The Morgan fingerprint density at radius 3 is 2.44 bits per heavy atom. The molecule has 1 heterocycles. The fraction of sp³-hybridized carbons (Fsp3) is 0.200. The number of hydrogen-bond acceptors (Lipinski definition) is 4. The molecule has 134 valence electrons. The van der Waals surface area contributed by atoms with Crippen LogP contribution in [0.2, 0.25) is 0 Å². The number of furan rings is 1. The van der Waals surface area contributed by atoms with Crippen LogP contribution in [-0.4, -0.2) is 26.9 Å². The highest BCUT2D eigenvalue weighted by atomic mass is 32.2. The highest BCUT2D eigenvalue weighted by Gasteiger charge is 2.33. The van der Waals surface area contributed by atoms with Crippen LogP contribution < -0.4 is 5.32 Å². The van der Waals surface area contributed by atoms with Gasteiger partial charge in [-0.3, -0.25) is 9.00 Å². The number of carbonyl (C=O) groups excluding carboxylic acids is 1. The van der Waals surface area contributed by atoms with Gasteiger partial charge in [-0.1, -0.05) is 12.1 Å². The molecule has 0 spiro atoms. The first kappa shape index (κ1) is 18.7. The van der Waals surface area contributed by atoms with Crippen molar-refractivity contribution in [1.29, 1.82) is 0 Å². The molecular formula is C15H12F3NO5S. The summed E-state index contributed by atoms with van der Waals surface area (Å²) in [6.07, 6.45) is -4.63. The molecule has 0 aliphatic heterocycles. The highest BCUT2D eigenvalue weighted by Crippen LogP contribution is 2.34. The maximum absolute atomic E-state index is 12.8. The molecule has 0 saturated heterocycles. The van der Waals surface area contributed by atoms with Gasteiger partial charge in [-0.2, -0.15) is 13.2 Å². The van der Waals surface area contributed by atoms with Gasteiger partial charge in [0.25, 0.3) is 0 Å². The van der Waals surface area contributed by atoms with E-state index in [-0.39, 0.29) is 17.3 Å². The summed E-state index contributed by atoms with van der Waals surface area (Å²) in [5.41, 5.74) is -1.44. The molecule has 1 amide bonds. The van der Waals surface area contributed by atoms with E-state index >= 15 is 0 Å². The molecule has 1 atom stereocenters. The molecule has 1 unspecified atom stereocenters. The molecule has 0 saturated carbocycles. The third kappa shape index (κ3) is 5.18. The summed E-state index contributed by atoms with van der Waals surface area (Å²) in [5, 5.41) is 10.8. The summed E-state index contributed by atoms with van der Waals surface area (Å²) in [4.78, 5) is 22.5. The summed E-state index contributed by atoms with van der Waals surface area (Å²) in [6.45, 7) is 0. The highest BCUT2D eigenvalue weighted by molar-refractivity contribution is 7.84. The van der Waals surface area contributed by atoms with Crippen molar-refractivity contribution in [3.05, 3.63) is 53.5 Å². The van der Waals surface area contributed by atoms with Crippen LogP contribution >= 0.6 is 0 Å². The fourth-order valence-electron chi connectivity index (χ4n) is 1.95. The minimum Gasteiger partial charge on any atom is -0.475 e. The van der Waals surface area contributed by atoms with Crippen LogP contribution in [0.5, 0.6) is 0 Å². The van der Waals surface area contributed by atoms with E-state index in [0.717, 1.165) is 12.1 Å². The van der Waals surface area contributed by atoms with Crippen LogP contribution in [0, 0.1) is 0 Å². The summed E-state index contributed by atoms with van der Waals surface area (Å²) in [5.74, 6) is -3.19. The number of alkyl halides is 3. The van der Waals surface area contributed by atoms with Crippen molar-refractivity contribution >= 4 is 28.4 Å². The molecule has 0 aliphatic carbocycles. The molecule has 1 aromatic heterocycles. The Bertz CT molecular complexity index is 815.